The van der Waals surface area contributed by atoms with Crippen LogP contribution in [0.15, 0.2) is 91.0 Å². The predicted octanol–water partition coefficient (Wildman–Crippen LogP) is 4.52. The Balaban J connectivity index is 1.37. The van der Waals surface area contributed by atoms with Crippen molar-refractivity contribution in [2.75, 3.05) is 32.7 Å². The first-order valence-electron chi connectivity index (χ1n) is 10.6. The summed E-state index contributed by atoms with van der Waals surface area (Å²) < 4.78 is 0. The van der Waals surface area contributed by atoms with Crippen molar-refractivity contribution < 1.29 is 5.11 Å². The summed E-state index contributed by atoms with van der Waals surface area (Å²) in [4.78, 5) is 5.07. The highest BCUT2D eigenvalue weighted by atomic mass is 16.3. The van der Waals surface area contributed by atoms with Crippen molar-refractivity contribution >= 4 is 0 Å². The third-order valence-electron chi connectivity index (χ3n) is 5.91. The average molecular weight is 387 g/mol. The van der Waals surface area contributed by atoms with E-state index >= 15 is 0 Å². The van der Waals surface area contributed by atoms with E-state index in [1.54, 1.807) is 0 Å². The van der Waals surface area contributed by atoms with Crippen molar-refractivity contribution in [3.05, 3.63) is 108 Å². The number of aliphatic hydroxyl groups is 1. The Morgan fingerprint density at radius 3 is 1.55 bits per heavy atom. The fraction of sp³-hybridized carbons (Fsp3) is 0.308. The standard InChI is InChI=1S/C26H30N2O/c29-25(22-10-4-1-5-11-22)16-17-27-18-20-28(21-19-27)26(23-12-6-2-7-13-23)24-14-8-3-9-15-24/h1-15,25-26,29H,16-21H2/t25-/m0/s1. The van der Waals surface area contributed by atoms with Crippen molar-refractivity contribution in [2.45, 2.75) is 18.6 Å². The summed E-state index contributed by atoms with van der Waals surface area (Å²) in [5.74, 6) is 0. The van der Waals surface area contributed by atoms with Crippen molar-refractivity contribution in [1.82, 2.24) is 9.80 Å². The van der Waals surface area contributed by atoms with E-state index in [9.17, 15) is 5.11 Å². The summed E-state index contributed by atoms with van der Waals surface area (Å²) in [5, 5.41) is 10.5. The van der Waals surface area contributed by atoms with Crippen LogP contribution in [0.25, 0.3) is 0 Å². The molecule has 3 heteroatoms. The fourth-order valence-electron chi connectivity index (χ4n) is 4.28. The minimum atomic E-state index is -0.379. The van der Waals surface area contributed by atoms with E-state index in [1.165, 1.54) is 11.1 Å². The Morgan fingerprint density at radius 2 is 1.07 bits per heavy atom. The Labute approximate surface area is 174 Å². The molecular weight excluding hydrogens is 356 g/mol. The third kappa shape index (κ3) is 5.13. The van der Waals surface area contributed by atoms with Gasteiger partial charge in [-0.25, -0.2) is 0 Å². The van der Waals surface area contributed by atoms with Crippen LogP contribution >= 0.6 is 0 Å². The number of nitrogens with zero attached hydrogens (tertiary/aromatic N) is 2. The molecule has 0 radical (unpaired) electrons. The molecule has 4 rings (SSSR count). The van der Waals surface area contributed by atoms with E-state index in [0.717, 1.165) is 44.7 Å². The van der Waals surface area contributed by atoms with E-state index in [1.807, 2.05) is 30.3 Å². The number of hydrogen-bond donors (Lipinski definition) is 1. The highest BCUT2D eigenvalue weighted by Gasteiger charge is 2.26. The van der Waals surface area contributed by atoms with Gasteiger partial charge in [-0.2, -0.15) is 0 Å². The molecule has 1 aliphatic heterocycles. The van der Waals surface area contributed by atoms with E-state index in [4.69, 9.17) is 0 Å². The van der Waals surface area contributed by atoms with Crippen LogP contribution in [0.1, 0.15) is 35.3 Å². The lowest BCUT2D eigenvalue weighted by molar-refractivity contribution is 0.0887. The maximum absolute atomic E-state index is 10.5. The van der Waals surface area contributed by atoms with Gasteiger partial charge in [0.25, 0.3) is 0 Å². The number of piperazine rings is 1. The fourth-order valence-corrected chi connectivity index (χ4v) is 4.28. The summed E-state index contributed by atoms with van der Waals surface area (Å²) in [6.07, 6.45) is 0.403. The van der Waals surface area contributed by atoms with E-state index in [-0.39, 0.29) is 6.10 Å². The lowest BCUT2D eigenvalue weighted by Crippen LogP contribution is -2.48. The summed E-state index contributed by atoms with van der Waals surface area (Å²) in [5.41, 5.74) is 3.72. The molecule has 0 spiro atoms. The van der Waals surface area contributed by atoms with Gasteiger partial charge in [-0.15, -0.1) is 0 Å². The molecule has 3 aromatic carbocycles. The molecular formula is C26H30N2O. The van der Waals surface area contributed by atoms with Crippen LogP contribution in [0.3, 0.4) is 0 Å². The van der Waals surface area contributed by atoms with Gasteiger partial charge in [0.2, 0.25) is 0 Å². The van der Waals surface area contributed by atoms with Gasteiger partial charge in [-0.3, -0.25) is 4.90 Å². The molecule has 0 aromatic heterocycles. The maximum atomic E-state index is 10.5. The van der Waals surface area contributed by atoms with Crippen LogP contribution in [-0.4, -0.2) is 47.6 Å². The number of benzene rings is 3. The topological polar surface area (TPSA) is 26.7 Å². The predicted molar refractivity (Wildman–Crippen MR) is 119 cm³/mol. The second kappa shape index (κ2) is 9.84. The highest BCUT2D eigenvalue weighted by Crippen LogP contribution is 2.29. The smallest absolute Gasteiger partial charge is 0.0802 e. The number of rotatable bonds is 7. The van der Waals surface area contributed by atoms with Gasteiger partial charge in [0.05, 0.1) is 12.1 Å². The minimum Gasteiger partial charge on any atom is -0.388 e. The van der Waals surface area contributed by atoms with Crippen molar-refractivity contribution in [3.8, 4) is 0 Å². The first-order valence-corrected chi connectivity index (χ1v) is 10.6. The molecule has 1 saturated heterocycles. The monoisotopic (exact) mass is 386 g/mol. The average Bonchev–Trinajstić information content (AvgIpc) is 2.80. The first kappa shape index (κ1) is 19.8. The molecule has 1 aliphatic rings. The molecule has 0 saturated carbocycles. The second-order valence-corrected chi connectivity index (χ2v) is 7.82. The molecule has 0 bridgehead atoms. The highest BCUT2D eigenvalue weighted by molar-refractivity contribution is 5.32. The molecule has 1 heterocycles. The molecule has 1 fully saturated rings. The molecule has 3 aromatic rings. The molecule has 3 nitrogen and oxygen atoms in total. The van der Waals surface area contributed by atoms with Gasteiger partial charge >= 0.3 is 0 Å². The lowest BCUT2D eigenvalue weighted by Gasteiger charge is -2.40. The zero-order valence-electron chi connectivity index (χ0n) is 16.9. The van der Waals surface area contributed by atoms with Crippen molar-refractivity contribution in [2.24, 2.45) is 0 Å². The van der Waals surface area contributed by atoms with E-state index in [2.05, 4.69) is 70.5 Å². The molecule has 29 heavy (non-hydrogen) atoms. The molecule has 0 unspecified atom stereocenters. The van der Waals surface area contributed by atoms with Crippen LogP contribution in [0, 0.1) is 0 Å². The van der Waals surface area contributed by atoms with Crippen LogP contribution in [0.4, 0.5) is 0 Å². The molecule has 0 aliphatic carbocycles. The zero-order valence-corrected chi connectivity index (χ0v) is 16.9. The van der Waals surface area contributed by atoms with Gasteiger partial charge in [-0.1, -0.05) is 91.0 Å². The first-order chi connectivity index (χ1) is 14.3. The SMILES string of the molecule is O[C@@H](CCN1CCN(C(c2ccccc2)c2ccccc2)CC1)c1ccccc1. The Hall–Kier alpha value is -2.46. The maximum Gasteiger partial charge on any atom is 0.0802 e. The molecule has 1 N–H and O–H groups in total. The molecule has 0 amide bonds. The minimum absolute atomic E-state index is 0.300. The summed E-state index contributed by atoms with van der Waals surface area (Å²) in [6, 6.07) is 31.9. The Morgan fingerprint density at radius 1 is 0.621 bits per heavy atom. The second-order valence-electron chi connectivity index (χ2n) is 7.82. The number of hydrogen-bond acceptors (Lipinski definition) is 3. The van der Waals surface area contributed by atoms with E-state index < -0.39 is 0 Å². The van der Waals surface area contributed by atoms with Crippen LogP contribution in [0.2, 0.25) is 0 Å². The van der Waals surface area contributed by atoms with Gasteiger partial charge in [-0.05, 0) is 23.1 Å². The quantitative estimate of drug-likeness (QED) is 0.647. The van der Waals surface area contributed by atoms with Crippen molar-refractivity contribution in [3.63, 3.8) is 0 Å². The zero-order chi connectivity index (χ0) is 19.9. The van der Waals surface area contributed by atoms with Gasteiger partial charge in [0.15, 0.2) is 0 Å². The summed E-state index contributed by atoms with van der Waals surface area (Å²) in [7, 11) is 0. The van der Waals surface area contributed by atoms with Crippen LogP contribution < -0.4 is 0 Å². The molecule has 150 valence electrons. The normalized spacial score (nSPS) is 16.8. The van der Waals surface area contributed by atoms with Crippen LogP contribution in [-0.2, 0) is 0 Å². The third-order valence-corrected chi connectivity index (χ3v) is 5.91. The lowest BCUT2D eigenvalue weighted by atomic mass is 9.96. The van der Waals surface area contributed by atoms with Crippen LogP contribution in [0.5, 0.6) is 0 Å². The summed E-state index contributed by atoms with van der Waals surface area (Å²) in [6.45, 7) is 5.09. The van der Waals surface area contributed by atoms with Gasteiger partial charge in [0.1, 0.15) is 0 Å². The Bertz CT molecular complexity index is 806. The largest absolute Gasteiger partial charge is 0.388 e. The van der Waals surface area contributed by atoms with Gasteiger partial charge in [0, 0.05) is 32.7 Å². The van der Waals surface area contributed by atoms with Crippen molar-refractivity contribution in [1.29, 1.82) is 0 Å². The number of aliphatic hydroxyl groups excluding tert-OH is 1. The Kier molecular flexibility index (Phi) is 6.73. The van der Waals surface area contributed by atoms with E-state index in [0.29, 0.717) is 6.04 Å². The molecule has 1 atom stereocenters. The van der Waals surface area contributed by atoms with Gasteiger partial charge < -0.3 is 10.0 Å². The summed E-state index contributed by atoms with van der Waals surface area (Å²) >= 11 is 0.